The van der Waals surface area contributed by atoms with E-state index >= 15 is 0 Å². The average Bonchev–Trinajstić information content (AvgIpc) is 2.82. The maximum Gasteiger partial charge on any atom is 0.165 e. The Labute approximate surface area is 115 Å². The molecule has 0 saturated carbocycles. The van der Waals surface area contributed by atoms with E-state index in [2.05, 4.69) is 27.8 Å². The molecular weight excluding hydrogens is 269 g/mol. The Hall–Kier alpha value is -1.53. The highest BCUT2D eigenvalue weighted by atomic mass is 35.5. The second-order valence-electron chi connectivity index (χ2n) is 4.18. The van der Waals surface area contributed by atoms with Crippen LogP contribution in [0.1, 0.15) is 24.7 Å². The minimum absolute atomic E-state index is 0.108. The van der Waals surface area contributed by atoms with E-state index in [-0.39, 0.29) is 5.02 Å². The van der Waals surface area contributed by atoms with Crippen molar-refractivity contribution in [2.24, 2.45) is 0 Å². The summed E-state index contributed by atoms with van der Waals surface area (Å²) in [5.74, 6) is 0.320. The van der Waals surface area contributed by atoms with Crippen LogP contribution in [0.2, 0.25) is 5.02 Å². The summed E-state index contributed by atoms with van der Waals surface area (Å²) in [7, 11) is 0. The van der Waals surface area contributed by atoms with Gasteiger partial charge < -0.3 is 5.32 Å². The molecule has 5 nitrogen and oxygen atoms in total. The number of nitrogens with zero attached hydrogens (tertiary/aromatic N) is 4. The quantitative estimate of drug-likeness (QED) is 0.824. The molecule has 19 heavy (non-hydrogen) atoms. The van der Waals surface area contributed by atoms with Gasteiger partial charge in [-0.15, -0.1) is 5.10 Å². The number of aromatic nitrogens is 4. The minimum atomic E-state index is -0.424. The lowest BCUT2D eigenvalue weighted by Crippen LogP contribution is -2.18. The van der Waals surface area contributed by atoms with Crippen LogP contribution >= 0.6 is 11.6 Å². The van der Waals surface area contributed by atoms with Crippen molar-refractivity contribution in [2.45, 2.75) is 26.4 Å². The fraction of sp³-hybridized carbons (Fsp3) is 0.417. The SMILES string of the molecule is CCCNCc1nnnn1Cc1ccc(F)c(Cl)c1. The van der Waals surface area contributed by atoms with Gasteiger partial charge in [0.25, 0.3) is 0 Å². The maximum absolute atomic E-state index is 13.1. The lowest BCUT2D eigenvalue weighted by molar-refractivity contribution is 0.576. The molecule has 2 aromatic rings. The second-order valence-corrected chi connectivity index (χ2v) is 4.59. The summed E-state index contributed by atoms with van der Waals surface area (Å²) in [6.45, 7) is 4.08. The van der Waals surface area contributed by atoms with E-state index in [4.69, 9.17) is 11.6 Å². The molecule has 2 rings (SSSR count). The Bertz CT molecular complexity index is 543. The zero-order chi connectivity index (χ0) is 13.7. The second kappa shape index (κ2) is 6.58. The number of benzene rings is 1. The van der Waals surface area contributed by atoms with Crippen molar-refractivity contribution in [3.63, 3.8) is 0 Å². The van der Waals surface area contributed by atoms with Gasteiger partial charge in [-0.1, -0.05) is 24.6 Å². The number of hydrogen-bond acceptors (Lipinski definition) is 4. The van der Waals surface area contributed by atoms with Crippen LogP contribution in [0.5, 0.6) is 0 Å². The number of tetrazole rings is 1. The van der Waals surface area contributed by atoms with E-state index in [1.165, 1.54) is 6.07 Å². The Morgan fingerprint density at radius 2 is 2.26 bits per heavy atom. The van der Waals surface area contributed by atoms with Gasteiger partial charge in [-0.05, 0) is 41.1 Å². The van der Waals surface area contributed by atoms with Gasteiger partial charge in [0.15, 0.2) is 5.82 Å². The summed E-state index contributed by atoms with van der Waals surface area (Å²) in [4.78, 5) is 0. The van der Waals surface area contributed by atoms with Crippen LogP contribution in [-0.2, 0) is 13.1 Å². The fourth-order valence-electron chi connectivity index (χ4n) is 1.66. The van der Waals surface area contributed by atoms with Crippen LogP contribution in [0.4, 0.5) is 4.39 Å². The molecule has 7 heteroatoms. The van der Waals surface area contributed by atoms with E-state index < -0.39 is 5.82 Å². The van der Waals surface area contributed by atoms with Crippen LogP contribution in [0.3, 0.4) is 0 Å². The minimum Gasteiger partial charge on any atom is -0.310 e. The molecule has 0 amide bonds. The smallest absolute Gasteiger partial charge is 0.165 e. The molecule has 0 aliphatic rings. The predicted octanol–water partition coefficient (Wildman–Crippen LogP) is 2.01. The predicted molar refractivity (Wildman–Crippen MR) is 70.3 cm³/mol. The molecule has 0 aliphatic carbocycles. The van der Waals surface area contributed by atoms with E-state index in [0.29, 0.717) is 13.1 Å². The molecule has 1 aromatic heterocycles. The third-order valence-electron chi connectivity index (χ3n) is 2.63. The van der Waals surface area contributed by atoms with Crippen LogP contribution in [-0.4, -0.2) is 26.8 Å². The normalized spacial score (nSPS) is 10.9. The van der Waals surface area contributed by atoms with Gasteiger partial charge in [0.05, 0.1) is 18.1 Å². The molecule has 1 aromatic carbocycles. The van der Waals surface area contributed by atoms with Crippen molar-refractivity contribution in [2.75, 3.05) is 6.54 Å². The summed E-state index contributed by atoms with van der Waals surface area (Å²) in [6.07, 6.45) is 1.05. The lowest BCUT2D eigenvalue weighted by atomic mass is 10.2. The van der Waals surface area contributed by atoms with Gasteiger partial charge in [0, 0.05) is 0 Å². The topological polar surface area (TPSA) is 55.6 Å². The zero-order valence-corrected chi connectivity index (χ0v) is 11.4. The molecule has 1 heterocycles. The van der Waals surface area contributed by atoms with Gasteiger partial charge in [-0.25, -0.2) is 9.07 Å². The van der Waals surface area contributed by atoms with Gasteiger partial charge in [0.2, 0.25) is 0 Å². The molecule has 0 bridgehead atoms. The van der Waals surface area contributed by atoms with E-state index in [0.717, 1.165) is 24.4 Å². The van der Waals surface area contributed by atoms with Crippen LogP contribution in [0.25, 0.3) is 0 Å². The molecular formula is C12H15ClFN5. The lowest BCUT2D eigenvalue weighted by Gasteiger charge is -2.06. The fourth-order valence-corrected chi connectivity index (χ4v) is 1.86. The largest absolute Gasteiger partial charge is 0.310 e. The monoisotopic (exact) mass is 283 g/mol. The van der Waals surface area contributed by atoms with E-state index in [1.807, 2.05) is 0 Å². The highest BCUT2D eigenvalue weighted by molar-refractivity contribution is 6.30. The molecule has 0 saturated heterocycles. The van der Waals surface area contributed by atoms with Crippen LogP contribution < -0.4 is 5.32 Å². The summed E-state index contributed by atoms with van der Waals surface area (Å²) in [5, 5.41) is 14.9. The van der Waals surface area contributed by atoms with E-state index in [9.17, 15) is 4.39 Å². The van der Waals surface area contributed by atoms with Crippen molar-refractivity contribution in [1.82, 2.24) is 25.5 Å². The van der Waals surface area contributed by atoms with Crippen LogP contribution in [0, 0.1) is 5.82 Å². The number of hydrogen-bond donors (Lipinski definition) is 1. The number of rotatable bonds is 6. The van der Waals surface area contributed by atoms with Crippen molar-refractivity contribution >= 4 is 11.6 Å². The Morgan fingerprint density at radius 3 is 3.00 bits per heavy atom. The maximum atomic E-state index is 13.1. The first-order valence-corrected chi connectivity index (χ1v) is 6.48. The molecule has 0 unspecified atom stereocenters. The standard InChI is InChI=1S/C12H15ClFN5/c1-2-5-15-7-12-16-17-18-19(12)8-9-3-4-11(14)10(13)6-9/h3-4,6,15H,2,5,7-8H2,1H3. The molecule has 0 fully saturated rings. The van der Waals surface area contributed by atoms with Gasteiger partial charge >= 0.3 is 0 Å². The Morgan fingerprint density at radius 1 is 1.42 bits per heavy atom. The number of nitrogens with one attached hydrogen (secondary N) is 1. The van der Waals surface area contributed by atoms with Gasteiger partial charge in [-0.2, -0.15) is 0 Å². The first-order valence-electron chi connectivity index (χ1n) is 6.10. The summed E-state index contributed by atoms with van der Waals surface area (Å²) in [6, 6.07) is 4.60. The highest BCUT2D eigenvalue weighted by Crippen LogP contribution is 2.16. The Kier molecular flexibility index (Phi) is 4.81. The Balaban J connectivity index is 2.06. The first-order chi connectivity index (χ1) is 9.20. The molecule has 1 N–H and O–H groups in total. The molecule has 0 radical (unpaired) electrons. The third-order valence-corrected chi connectivity index (χ3v) is 2.92. The molecule has 0 aliphatic heterocycles. The summed E-state index contributed by atoms with van der Waals surface area (Å²) in [5.41, 5.74) is 0.857. The van der Waals surface area contributed by atoms with Crippen LogP contribution in [0.15, 0.2) is 18.2 Å². The average molecular weight is 284 g/mol. The first kappa shape index (κ1) is 13.9. The van der Waals surface area contributed by atoms with Gasteiger partial charge in [-0.3, -0.25) is 0 Å². The molecule has 0 atom stereocenters. The highest BCUT2D eigenvalue weighted by Gasteiger charge is 2.07. The molecule has 102 valence electrons. The molecule has 0 spiro atoms. The van der Waals surface area contributed by atoms with E-state index in [1.54, 1.807) is 16.8 Å². The summed E-state index contributed by atoms with van der Waals surface area (Å²) < 4.78 is 14.7. The number of halogens is 2. The van der Waals surface area contributed by atoms with Crippen molar-refractivity contribution in [3.8, 4) is 0 Å². The van der Waals surface area contributed by atoms with Crippen molar-refractivity contribution in [1.29, 1.82) is 0 Å². The van der Waals surface area contributed by atoms with Gasteiger partial charge in [0.1, 0.15) is 5.82 Å². The summed E-state index contributed by atoms with van der Waals surface area (Å²) >= 11 is 5.75. The third kappa shape index (κ3) is 3.71. The van der Waals surface area contributed by atoms with Crippen molar-refractivity contribution in [3.05, 3.63) is 40.4 Å². The zero-order valence-electron chi connectivity index (χ0n) is 10.6. The van der Waals surface area contributed by atoms with Crippen molar-refractivity contribution < 1.29 is 4.39 Å².